The Morgan fingerprint density at radius 3 is 2.74 bits per heavy atom. The van der Waals surface area contributed by atoms with Crippen LogP contribution < -0.4 is 0 Å². The van der Waals surface area contributed by atoms with Gasteiger partial charge in [0.25, 0.3) is 6.43 Å². The Balaban J connectivity index is 3.24. The van der Waals surface area contributed by atoms with Gasteiger partial charge in [-0.2, -0.15) is 0 Å². The Bertz CT molecular complexity index is 511. The Morgan fingerprint density at radius 1 is 1.63 bits per heavy atom. The van der Waals surface area contributed by atoms with Crippen molar-refractivity contribution in [2.24, 2.45) is 0 Å². The molecule has 104 valence electrons. The lowest BCUT2D eigenvalue weighted by molar-refractivity contribution is -0.389. The number of ether oxygens (including phenoxy) is 1. The van der Waals surface area contributed by atoms with Crippen molar-refractivity contribution in [2.75, 3.05) is 6.61 Å². The van der Waals surface area contributed by atoms with Crippen LogP contribution in [0.1, 0.15) is 24.6 Å². The lowest BCUT2D eigenvalue weighted by Crippen LogP contribution is -2.12. The number of halogens is 3. The third-order valence-electron chi connectivity index (χ3n) is 2.10. The standard InChI is InChI=1S/C10H9ClF2N2O4/c1-2-19-8(16)4-6-9(10(12)13)5(11)3-7(14-6)15(17)18/h3,10H,2,4H2,1H3. The molecule has 0 spiro atoms. The first kappa shape index (κ1) is 15.2. The quantitative estimate of drug-likeness (QED) is 0.474. The fourth-order valence-electron chi connectivity index (χ4n) is 1.37. The van der Waals surface area contributed by atoms with Crippen molar-refractivity contribution in [3.8, 4) is 0 Å². The average Bonchev–Trinajstić information content (AvgIpc) is 2.27. The highest BCUT2D eigenvalue weighted by Gasteiger charge is 2.27. The molecule has 1 rings (SSSR count). The number of pyridine rings is 1. The van der Waals surface area contributed by atoms with Gasteiger partial charge in [0.1, 0.15) is 6.42 Å². The van der Waals surface area contributed by atoms with Gasteiger partial charge in [0, 0.05) is 0 Å². The minimum atomic E-state index is -3.00. The molecule has 0 radical (unpaired) electrons. The van der Waals surface area contributed by atoms with Gasteiger partial charge in [-0.1, -0.05) is 11.6 Å². The molecule has 0 saturated heterocycles. The van der Waals surface area contributed by atoms with Crippen molar-refractivity contribution < 1.29 is 23.2 Å². The number of aromatic nitrogens is 1. The molecule has 6 nitrogen and oxygen atoms in total. The van der Waals surface area contributed by atoms with Crippen LogP contribution in [0.3, 0.4) is 0 Å². The van der Waals surface area contributed by atoms with E-state index in [9.17, 15) is 23.7 Å². The second-order valence-corrected chi connectivity index (χ2v) is 3.77. The molecule has 1 aromatic heterocycles. The van der Waals surface area contributed by atoms with E-state index in [1.54, 1.807) is 6.92 Å². The first-order chi connectivity index (χ1) is 8.86. The molecule has 0 aliphatic carbocycles. The van der Waals surface area contributed by atoms with Crippen LogP contribution in [0, 0.1) is 10.1 Å². The van der Waals surface area contributed by atoms with Crippen molar-refractivity contribution in [1.82, 2.24) is 4.98 Å². The van der Waals surface area contributed by atoms with Crippen LogP contribution in [-0.2, 0) is 16.0 Å². The maximum atomic E-state index is 12.8. The third kappa shape index (κ3) is 3.82. The number of esters is 1. The number of hydrogen-bond acceptors (Lipinski definition) is 5. The molecule has 0 aliphatic heterocycles. The first-order valence-electron chi connectivity index (χ1n) is 5.14. The monoisotopic (exact) mass is 294 g/mol. The summed E-state index contributed by atoms with van der Waals surface area (Å²) in [5.41, 5.74) is -1.15. The predicted molar refractivity (Wildman–Crippen MR) is 61.2 cm³/mol. The predicted octanol–water partition coefficient (Wildman–Crippen LogP) is 2.69. The second kappa shape index (κ2) is 6.37. The van der Waals surface area contributed by atoms with Gasteiger partial charge in [-0.15, -0.1) is 0 Å². The Hall–Kier alpha value is -1.83. The molecule has 0 saturated carbocycles. The Labute approximate surface area is 111 Å². The van der Waals surface area contributed by atoms with Crippen LogP contribution in [0.5, 0.6) is 0 Å². The van der Waals surface area contributed by atoms with Gasteiger partial charge in [0.05, 0.1) is 23.3 Å². The normalized spacial score (nSPS) is 10.6. The zero-order chi connectivity index (χ0) is 14.6. The summed E-state index contributed by atoms with van der Waals surface area (Å²) in [7, 11) is 0. The van der Waals surface area contributed by atoms with Crippen molar-refractivity contribution >= 4 is 23.4 Å². The number of carbonyl (C=O) groups is 1. The summed E-state index contributed by atoms with van der Waals surface area (Å²) in [5.74, 6) is -1.51. The van der Waals surface area contributed by atoms with Gasteiger partial charge in [0.15, 0.2) is 5.69 Å². The Morgan fingerprint density at radius 2 is 2.26 bits per heavy atom. The highest BCUT2D eigenvalue weighted by Crippen LogP contribution is 2.32. The number of alkyl halides is 2. The highest BCUT2D eigenvalue weighted by atomic mass is 35.5. The molecule has 19 heavy (non-hydrogen) atoms. The minimum absolute atomic E-state index is 0.0610. The molecule has 0 fully saturated rings. The molecule has 1 aromatic rings. The van der Waals surface area contributed by atoms with Crippen molar-refractivity contribution in [2.45, 2.75) is 19.8 Å². The maximum Gasteiger partial charge on any atom is 0.365 e. The molecular formula is C10H9ClF2N2O4. The largest absolute Gasteiger partial charge is 0.466 e. The zero-order valence-corrected chi connectivity index (χ0v) is 10.5. The van der Waals surface area contributed by atoms with E-state index in [-0.39, 0.29) is 6.61 Å². The molecule has 0 amide bonds. The molecule has 0 bridgehead atoms. The zero-order valence-electron chi connectivity index (χ0n) is 9.73. The van der Waals surface area contributed by atoms with Crippen molar-refractivity contribution in [1.29, 1.82) is 0 Å². The summed E-state index contributed by atoms with van der Waals surface area (Å²) < 4.78 is 30.2. The minimum Gasteiger partial charge on any atom is -0.466 e. The van der Waals surface area contributed by atoms with Crippen molar-refractivity contribution in [3.05, 3.63) is 32.5 Å². The maximum absolute atomic E-state index is 12.8. The first-order valence-corrected chi connectivity index (χ1v) is 5.52. The summed E-state index contributed by atoms with van der Waals surface area (Å²) in [6.45, 7) is 1.60. The van der Waals surface area contributed by atoms with E-state index in [1.807, 2.05) is 0 Å². The van der Waals surface area contributed by atoms with E-state index >= 15 is 0 Å². The van der Waals surface area contributed by atoms with Crippen LogP contribution in [0.2, 0.25) is 5.02 Å². The van der Waals surface area contributed by atoms with E-state index in [4.69, 9.17) is 11.6 Å². The van der Waals surface area contributed by atoms with Crippen LogP contribution in [0.4, 0.5) is 14.6 Å². The Kier molecular flexibility index (Phi) is 5.11. The highest BCUT2D eigenvalue weighted by molar-refractivity contribution is 6.31. The van der Waals surface area contributed by atoms with Gasteiger partial charge >= 0.3 is 11.8 Å². The third-order valence-corrected chi connectivity index (χ3v) is 2.41. The lowest BCUT2D eigenvalue weighted by atomic mass is 10.1. The molecule has 9 heteroatoms. The summed E-state index contributed by atoms with van der Waals surface area (Å²) in [5, 5.41) is 10.1. The smallest absolute Gasteiger partial charge is 0.365 e. The molecule has 1 heterocycles. The molecule has 0 aromatic carbocycles. The number of hydrogen-bond donors (Lipinski definition) is 0. The summed E-state index contributed by atoms with van der Waals surface area (Å²) >= 11 is 5.56. The van der Waals surface area contributed by atoms with E-state index in [0.29, 0.717) is 0 Å². The number of nitrogens with zero attached hydrogens (tertiary/aromatic N) is 2. The number of rotatable bonds is 5. The molecule has 0 unspecified atom stereocenters. The van der Waals surface area contributed by atoms with Gasteiger partial charge < -0.3 is 14.9 Å². The van der Waals surface area contributed by atoms with E-state index in [0.717, 1.165) is 6.07 Å². The molecule has 0 atom stereocenters. The molecular weight excluding hydrogens is 286 g/mol. The van der Waals surface area contributed by atoms with Crippen LogP contribution >= 0.6 is 11.6 Å². The lowest BCUT2D eigenvalue weighted by Gasteiger charge is -2.06. The van der Waals surface area contributed by atoms with Crippen molar-refractivity contribution in [3.63, 3.8) is 0 Å². The topological polar surface area (TPSA) is 82.3 Å². The van der Waals surface area contributed by atoms with E-state index in [1.165, 1.54) is 0 Å². The number of nitro groups is 1. The summed E-state index contributed by atoms with van der Waals surface area (Å²) in [4.78, 5) is 24.4. The summed E-state index contributed by atoms with van der Waals surface area (Å²) in [6.07, 6.45) is -3.60. The van der Waals surface area contributed by atoms with Gasteiger partial charge in [0.2, 0.25) is 0 Å². The fourth-order valence-corrected chi connectivity index (χ4v) is 1.66. The molecule has 0 N–H and O–H groups in total. The summed E-state index contributed by atoms with van der Waals surface area (Å²) in [6, 6.07) is 0.720. The van der Waals surface area contributed by atoms with E-state index in [2.05, 4.69) is 9.72 Å². The van der Waals surface area contributed by atoms with Gasteiger partial charge in [-0.3, -0.25) is 4.79 Å². The van der Waals surface area contributed by atoms with Crippen LogP contribution in [-0.4, -0.2) is 22.5 Å². The number of carbonyl (C=O) groups excluding carboxylic acids is 1. The van der Waals surface area contributed by atoms with Crippen LogP contribution in [0.15, 0.2) is 6.07 Å². The van der Waals surface area contributed by atoms with Gasteiger partial charge in [-0.05, 0) is 16.8 Å². The van der Waals surface area contributed by atoms with Crippen LogP contribution in [0.25, 0.3) is 0 Å². The fraction of sp³-hybridized carbons (Fsp3) is 0.400. The van der Waals surface area contributed by atoms with Gasteiger partial charge in [-0.25, -0.2) is 8.78 Å². The second-order valence-electron chi connectivity index (χ2n) is 3.36. The van der Waals surface area contributed by atoms with E-state index < -0.39 is 45.8 Å². The molecule has 0 aliphatic rings. The SMILES string of the molecule is CCOC(=O)Cc1nc([N+](=O)[O-])cc(Cl)c1C(F)F. The average molecular weight is 295 g/mol.